The molecule has 57 heavy (non-hydrogen) atoms. The topological polar surface area (TPSA) is 105 Å². The number of aromatic carboxylic acids is 1. The van der Waals surface area contributed by atoms with E-state index < -0.39 is 35.4 Å². The first-order valence-electron chi connectivity index (χ1n) is 17.6. The number of piperazine rings is 2. The first-order chi connectivity index (χ1) is 26.9. The maximum Gasteiger partial charge on any atom is 0.418 e. The molecule has 0 saturated carbocycles. The van der Waals surface area contributed by atoms with E-state index in [0.717, 1.165) is 11.6 Å². The molecule has 0 spiro atoms. The number of benzene rings is 4. The van der Waals surface area contributed by atoms with Gasteiger partial charge in [0.15, 0.2) is 0 Å². The molecule has 0 aliphatic carbocycles. The first kappa shape index (κ1) is 43.6. The summed E-state index contributed by atoms with van der Waals surface area (Å²) in [6.45, 7) is 4.72. The number of nitrogen functional groups attached to an aromatic ring is 1. The molecule has 0 radical (unpaired) electrons. The first-order valence-corrected chi connectivity index (χ1v) is 17.6. The summed E-state index contributed by atoms with van der Waals surface area (Å²) in [5.41, 5.74) is 6.03. The largest absolute Gasteiger partial charge is 0.478 e. The molecular formula is C42H42F6N6O3. The van der Waals surface area contributed by atoms with Gasteiger partial charge in [0.2, 0.25) is 0 Å². The van der Waals surface area contributed by atoms with Crippen LogP contribution < -0.4 is 20.9 Å². The molecule has 9 nitrogen and oxygen atoms in total. The number of carboxylic acid groups (broad SMARTS) is 1. The van der Waals surface area contributed by atoms with Crippen LogP contribution in [0.15, 0.2) is 84.9 Å². The van der Waals surface area contributed by atoms with E-state index in [1.54, 1.807) is 46.2 Å². The van der Waals surface area contributed by atoms with Gasteiger partial charge in [-0.1, -0.05) is 24.0 Å². The standard InChI is InChI=1S/C21H20F3N3O.C13H15F3N2O2.C8H7N/c1-3-15-5-4-6-17(13-15)25-20(28)16-7-8-19(18(14-16)21(22,23)24)27-11-9-26(2)10-12-27;1-17-4-6-18(7-5-17)11-3-2-9(12(19)20)8-10(11)13(14,15)16;1-2-7-4-3-5-8(9)6-7/h1,4-8,13-14H,9-12H2,2H3,(H,25,28);2-3,8H,4-7H2,1H3,(H,19,20);1,3-6H,9H2. The van der Waals surface area contributed by atoms with E-state index in [9.17, 15) is 35.9 Å². The molecule has 0 unspecified atom stereocenters. The predicted octanol–water partition coefficient (Wildman–Crippen LogP) is 7.10. The Morgan fingerprint density at radius 3 is 1.51 bits per heavy atom. The normalized spacial score (nSPS) is 14.8. The second kappa shape index (κ2) is 19.1. The van der Waals surface area contributed by atoms with Gasteiger partial charge >= 0.3 is 18.3 Å². The number of carboxylic acids is 1. The van der Waals surface area contributed by atoms with Gasteiger partial charge in [-0.2, -0.15) is 26.3 Å². The molecule has 2 heterocycles. The molecule has 0 aromatic heterocycles. The maximum absolute atomic E-state index is 13.7. The zero-order valence-electron chi connectivity index (χ0n) is 31.3. The summed E-state index contributed by atoms with van der Waals surface area (Å²) in [5, 5.41) is 11.4. The van der Waals surface area contributed by atoms with Gasteiger partial charge in [-0.05, 0) is 86.9 Å². The summed E-state index contributed by atoms with van der Waals surface area (Å²) >= 11 is 0. The highest BCUT2D eigenvalue weighted by atomic mass is 19.4. The molecule has 2 saturated heterocycles. The smallest absolute Gasteiger partial charge is 0.418 e. The Morgan fingerprint density at radius 2 is 1.09 bits per heavy atom. The number of anilines is 4. The van der Waals surface area contributed by atoms with Crippen molar-refractivity contribution < 1.29 is 41.0 Å². The van der Waals surface area contributed by atoms with E-state index in [4.69, 9.17) is 23.7 Å². The van der Waals surface area contributed by atoms with Gasteiger partial charge in [0.1, 0.15) is 0 Å². The Morgan fingerprint density at radius 1 is 0.649 bits per heavy atom. The fourth-order valence-corrected chi connectivity index (χ4v) is 5.97. The van der Waals surface area contributed by atoms with Crippen LogP contribution in [0.2, 0.25) is 0 Å². The number of carbonyl (C=O) groups excluding carboxylic acids is 1. The van der Waals surface area contributed by atoms with Crippen molar-refractivity contribution in [1.29, 1.82) is 0 Å². The summed E-state index contributed by atoms with van der Waals surface area (Å²) in [6.07, 6.45) is 1.32. The van der Waals surface area contributed by atoms with Gasteiger partial charge in [0.05, 0.1) is 16.7 Å². The second-order valence-electron chi connectivity index (χ2n) is 13.3. The lowest BCUT2D eigenvalue weighted by atomic mass is 10.1. The monoisotopic (exact) mass is 792 g/mol. The van der Waals surface area contributed by atoms with Crippen LogP contribution in [-0.4, -0.2) is 93.2 Å². The summed E-state index contributed by atoms with van der Waals surface area (Å²) in [5.74, 6) is 2.95. The van der Waals surface area contributed by atoms with E-state index in [1.807, 2.05) is 31.1 Å². The van der Waals surface area contributed by atoms with E-state index in [-0.39, 0.29) is 22.5 Å². The minimum absolute atomic E-state index is 0.0515. The van der Waals surface area contributed by atoms with Crippen molar-refractivity contribution in [2.45, 2.75) is 12.4 Å². The molecule has 6 rings (SSSR count). The Kier molecular flexibility index (Phi) is 14.6. The highest BCUT2D eigenvalue weighted by Crippen LogP contribution is 2.39. The molecule has 2 aliphatic heterocycles. The summed E-state index contributed by atoms with van der Waals surface area (Å²) in [4.78, 5) is 30.8. The van der Waals surface area contributed by atoms with Crippen molar-refractivity contribution in [3.63, 3.8) is 0 Å². The number of alkyl halides is 6. The van der Waals surface area contributed by atoms with Crippen LogP contribution >= 0.6 is 0 Å². The number of nitrogens with two attached hydrogens (primary N) is 1. The van der Waals surface area contributed by atoms with Gasteiger partial charge in [-0.25, -0.2) is 4.79 Å². The van der Waals surface area contributed by atoms with E-state index in [2.05, 4.69) is 22.1 Å². The number of terminal acetylenes is 2. The zero-order valence-corrected chi connectivity index (χ0v) is 31.3. The number of nitrogens with one attached hydrogen (secondary N) is 1. The quantitative estimate of drug-likeness (QED) is 0.112. The number of likely N-dealkylation sites (N-methyl/N-ethyl adjacent to an activating group) is 2. The van der Waals surface area contributed by atoms with Crippen LogP contribution in [0.25, 0.3) is 0 Å². The fraction of sp³-hybridized carbons (Fsp3) is 0.286. The average molecular weight is 793 g/mol. The molecule has 4 aromatic rings. The second-order valence-corrected chi connectivity index (χ2v) is 13.3. The molecule has 4 N–H and O–H groups in total. The van der Waals surface area contributed by atoms with Gasteiger partial charge in [-0.15, -0.1) is 12.8 Å². The highest BCUT2D eigenvalue weighted by Gasteiger charge is 2.37. The lowest BCUT2D eigenvalue weighted by molar-refractivity contribution is -0.138. The Hall–Kier alpha value is -6.16. The third-order valence-electron chi connectivity index (χ3n) is 9.14. The molecular weight excluding hydrogens is 750 g/mol. The number of nitrogens with zero attached hydrogens (tertiary/aromatic N) is 4. The molecule has 2 fully saturated rings. The van der Waals surface area contributed by atoms with Gasteiger partial charge in [-0.3, -0.25) is 4.79 Å². The summed E-state index contributed by atoms with van der Waals surface area (Å²) < 4.78 is 80.3. The van der Waals surface area contributed by atoms with Crippen molar-refractivity contribution in [3.05, 3.63) is 118 Å². The van der Waals surface area contributed by atoms with Gasteiger partial charge < -0.3 is 35.8 Å². The summed E-state index contributed by atoms with van der Waals surface area (Å²) in [6, 6.07) is 20.7. The van der Waals surface area contributed by atoms with Crippen LogP contribution in [0, 0.1) is 24.7 Å². The molecule has 4 aromatic carbocycles. The zero-order chi connectivity index (χ0) is 41.9. The number of rotatable bonds is 5. The maximum atomic E-state index is 13.7. The molecule has 0 bridgehead atoms. The van der Waals surface area contributed by atoms with E-state index >= 15 is 0 Å². The molecule has 15 heteroatoms. The van der Waals surface area contributed by atoms with Crippen LogP contribution in [0.5, 0.6) is 0 Å². The number of halogens is 6. The lowest BCUT2D eigenvalue weighted by Gasteiger charge is -2.35. The molecule has 0 atom stereocenters. The number of hydrogen-bond donors (Lipinski definition) is 3. The Labute approximate surface area is 327 Å². The summed E-state index contributed by atoms with van der Waals surface area (Å²) in [7, 11) is 3.85. The van der Waals surface area contributed by atoms with Crippen molar-refractivity contribution in [3.8, 4) is 24.7 Å². The molecule has 300 valence electrons. The third kappa shape index (κ3) is 12.4. The minimum Gasteiger partial charge on any atom is -0.478 e. The van der Waals surface area contributed by atoms with Gasteiger partial charge in [0, 0.05) is 91.8 Å². The highest BCUT2D eigenvalue weighted by molar-refractivity contribution is 6.04. The number of amides is 1. The lowest BCUT2D eigenvalue weighted by Crippen LogP contribution is -2.45. The Bertz CT molecular complexity index is 2110. The average Bonchev–Trinajstić information content (AvgIpc) is 3.18. The van der Waals surface area contributed by atoms with Crippen molar-refractivity contribution in [1.82, 2.24) is 9.80 Å². The molecule has 1 amide bonds. The Balaban J connectivity index is 0.000000215. The van der Waals surface area contributed by atoms with Crippen LogP contribution in [-0.2, 0) is 12.4 Å². The SMILES string of the molecule is C#Cc1cccc(N)c1.C#Cc1cccc(NC(=O)c2ccc(N3CCN(C)CC3)c(C(F)(F)F)c2)c1.CN1CCN(c2ccc(C(=O)O)cc2C(F)(F)F)CC1. The van der Waals surface area contributed by atoms with Crippen molar-refractivity contribution in [2.75, 3.05) is 87.3 Å². The van der Waals surface area contributed by atoms with Crippen LogP contribution in [0.3, 0.4) is 0 Å². The van der Waals surface area contributed by atoms with Crippen LogP contribution in [0.4, 0.5) is 49.1 Å². The van der Waals surface area contributed by atoms with Crippen molar-refractivity contribution in [2.24, 2.45) is 0 Å². The van der Waals surface area contributed by atoms with E-state index in [1.165, 1.54) is 24.3 Å². The third-order valence-corrected chi connectivity index (χ3v) is 9.14. The minimum atomic E-state index is -4.57. The van der Waals surface area contributed by atoms with Crippen molar-refractivity contribution >= 4 is 34.6 Å². The van der Waals surface area contributed by atoms with Gasteiger partial charge in [0.25, 0.3) is 5.91 Å². The van der Waals surface area contributed by atoms with E-state index in [0.29, 0.717) is 75.4 Å². The number of carbonyl (C=O) groups is 2. The number of hydrogen-bond acceptors (Lipinski definition) is 7. The predicted molar refractivity (Wildman–Crippen MR) is 210 cm³/mol. The van der Waals surface area contributed by atoms with Crippen LogP contribution in [0.1, 0.15) is 43.0 Å². The molecule has 2 aliphatic rings. The fourth-order valence-electron chi connectivity index (χ4n) is 5.97.